The van der Waals surface area contributed by atoms with Gasteiger partial charge in [0.2, 0.25) is 0 Å². The second kappa shape index (κ2) is 7.03. The van der Waals surface area contributed by atoms with Crippen LogP contribution in [-0.4, -0.2) is 52.8 Å². The molecule has 30 heavy (non-hydrogen) atoms. The minimum Gasteiger partial charge on any atom is -0.346 e. The molecule has 5 aromatic heterocycles. The molecule has 2 N–H and O–H groups in total. The summed E-state index contributed by atoms with van der Waals surface area (Å²) in [6.45, 7) is 2.66. The molecule has 0 aromatic carbocycles. The molecule has 0 spiro atoms. The van der Waals surface area contributed by atoms with Crippen molar-refractivity contribution in [2.24, 2.45) is 0 Å². The molecule has 0 atom stereocenters. The molecule has 0 bridgehead atoms. The zero-order chi connectivity index (χ0) is 19.9. The van der Waals surface area contributed by atoms with Crippen molar-refractivity contribution in [1.29, 1.82) is 0 Å². The van der Waals surface area contributed by atoms with Crippen molar-refractivity contribution in [2.75, 3.05) is 13.1 Å². The third-order valence-electron chi connectivity index (χ3n) is 5.80. The lowest BCUT2D eigenvalue weighted by Crippen LogP contribution is -2.29. The fourth-order valence-corrected chi connectivity index (χ4v) is 4.17. The number of hydrogen-bond donors (Lipinski definition) is 2. The van der Waals surface area contributed by atoms with Crippen LogP contribution in [0.4, 0.5) is 0 Å². The second-order valence-corrected chi connectivity index (χ2v) is 7.69. The van der Waals surface area contributed by atoms with Crippen molar-refractivity contribution >= 4 is 22.2 Å². The number of nitrogens with zero attached hydrogens (tertiary/aromatic N) is 7. The number of nitrogens with one attached hydrogen (secondary N) is 2. The molecule has 0 radical (unpaired) electrons. The summed E-state index contributed by atoms with van der Waals surface area (Å²) >= 11 is 0. The highest BCUT2D eigenvalue weighted by atomic mass is 15.4. The lowest BCUT2D eigenvalue weighted by molar-refractivity contribution is 0.343. The molecule has 0 aliphatic carbocycles. The van der Waals surface area contributed by atoms with Crippen LogP contribution >= 0.6 is 0 Å². The van der Waals surface area contributed by atoms with Crippen molar-refractivity contribution < 1.29 is 0 Å². The topological polar surface area (TPSA) is 102 Å². The van der Waals surface area contributed by atoms with Gasteiger partial charge in [0.15, 0.2) is 5.65 Å². The van der Waals surface area contributed by atoms with Gasteiger partial charge in [0.05, 0.1) is 24.5 Å². The van der Waals surface area contributed by atoms with Crippen LogP contribution in [0.15, 0.2) is 49.1 Å². The number of H-pyrrole nitrogens is 1. The van der Waals surface area contributed by atoms with Gasteiger partial charge in [-0.15, -0.1) is 5.10 Å². The Labute approximate surface area is 172 Å². The van der Waals surface area contributed by atoms with Crippen LogP contribution in [0.25, 0.3) is 33.5 Å². The fourth-order valence-electron chi connectivity index (χ4n) is 4.17. The molecule has 0 saturated carbocycles. The smallest absolute Gasteiger partial charge is 0.179 e. The molecular formula is C21H21N9. The largest absolute Gasteiger partial charge is 0.346 e. The van der Waals surface area contributed by atoms with E-state index in [0.717, 1.165) is 64.9 Å². The molecule has 5 aromatic rings. The summed E-state index contributed by atoms with van der Waals surface area (Å²) in [5.74, 6) is 0. The molecule has 6 rings (SSSR count). The van der Waals surface area contributed by atoms with E-state index in [1.807, 2.05) is 35.3 Å². The van der Waals surface area contributed by atoms with Crippen LogP contribution in [0.2, 0.25) is 0 Å². The molecular weight excluding hydrogens is 378 g/mol. The fraction of sp³-hybridized carbons (Fsp3) is 0.286. The van der Waals surface area contributed by atoms with Crippen molar-refractivity contribution in [1.82, 2.24) is 45.0 Å². The third-order valence-corrected chi connectivity index (χ3v) is 5.80. The second-order valence-electron chi connectivity index (χ2n) is 7.69. The first-order chi connectivity index (χ1) is 14.8. The van der Waals surface area contributed by atoms with Gasteiger partial charge in [0, 0.05) is 35.1 Å². The highest BCUT2D eigenvalue weighted by Gasteiger charge is 2.17. The van der Waals surface area contributed by atoms with E-state index in [4.69, 9.17) is 4.98 Å². The minimum atomic E-state index is 0.450. The van der Waals surface area contributed by atoms with E-state index in [1.54, 1.807) is 6.20 Å². The molecule has 9 nitrogen and oxygen atoms in total. The number of pyridine rings is 2. The van der Waals surface area contributed by atoms with Gasteiger partial charge in [-0.1, -0.05) is 5.21 Å². The predicted molar refractivity (Wildman–Crippen MR) is 113 cm³/mol. The first kappa shape index (κ1) is 17.3. The van der Waals surface area contributed by atoms with Gasteiger partial charge in [-0.3, -0.25) is 4.68 Å². The Kier molecular flexibility index (Phi) is 4.05. The zero-order valence-electron chi connectivity index (χ0n) is 16.4. The van der Waals surface area contributed by atoms with E-state index >= 15 is 0 Å². The third kappa shape index (κ3) is 2.94. The Morgan fingerprint density at radius 2 is 2.07 bits per heavy atom. The van der Waals surface area contributed by atoms with Gasteiger partial charge in [-0.25, -0.2) is 14.6 Å². The first-order valence-corrected chi connectivity index (χ1v) is 10.2. The summed E-state index contributed by atoms with van der Waals surface area (Å²) < 4.78 is 3.92. The maximum absolute atomic E-state index is 4.87. The lowest BCUT2D eigenvalue weighted by atomic mass is 10.1. The maximum Gasteiger partial charge on any atom is 0.179 e. The summed E-state index contributed by atoms with van der Waals surface area (Å²) in [4.78, 5) is 12.4. The van der Waals surface area contributed by atoms with Gasteiger partial charge in [0.1, 0.15) is 11.2 Å². The van der Waals surface area contributed by atoms with E-state index in [-0.39, 0.29) is 0 Å². The van der Waals surface area contributed by atoms with Crippen molar-refractivity contribution in [3.05, 3.63) is 54.6 Å². The van der Waals surface area contributed by atoms with E-state index in [2.05, 4.69) is 47.6 Å². The van der Waals surface area contributed by atoms with E-state index in [1.165, 1.54) is 0 Å². The molecule has 1 fully saturated rings. The van der Waals surface area contributed by atoms with Gasteiger partial charge in [-0.05, 0) is 50.2 Å². The monoisotopic (exact) mass is 399 g/mol. The Balaban J connectivity index is 1.33. The van der Waals surface area contributed by atoms with Gasteiger partial charge >= 0.3 is 0 Å². The van der Waals surface area contributed by atoms with Gasteiger partial charge in [-0.2, -0.15) is 5.10 Å². The standard InChI is InChI=1S/C21H21N9/c1-2-17-14(10-24-20(17)23-7-1)12-30-21-19(27-28-30)4-3-18(26-21)15-11-25-29(13-15)16-5-8-22-9-6-16/h1-4,7,10-11,13,16,22H,5-6,8-9,12H2,(H,23,24). The quantitative estimate of drug-likeness (QED) is 0.482. The van der Waals surface area contributed by atoms with Crippen LogP contribution in [0.5, 0.6) is 0 Å². The molecule has 6 heterocycles. The van der Waals surface area contributed by atoms with Crippen LogP contribution < -0.4 is 5.32 Å². The number of piperidine rings is 1. The molecule has 0 amide bonds. The zero-order valence-corrected chi connectivity index (χ0v) is 16.4. The Morgan fingerprint density at radius 3 is 3.00 bits per heavy atom. The van der Waals surface area contributed by atoms with E-state index in [0.29, 0.717) is 12.6 Å². The Morgan fingerprint density at radius 1 is 1.13 bits per heavy atom. The van der Waals surface area contributed by atoms with E-state index in [9.17, 15) is 0 Å². The predicted octanol–water partition coefficient (Wildman–Crippen LogP) is 2.54. The van der Waals surface area contributed by atoms with E-state index < -0.39 is 0 Å². The van der Waals surface area contributed by atoms with Crippen LogP contribution in [0.3, 0.4) is 0 Å². The van der Waals surface area contributed by atoms with Gasteiger partial charge < -0.3 is 10.3 Å². The normalized spacial score (nSPS) is 15.3. The summed E-state index contributed by atoms with van der Waals surface area (Å²) in [6, 6.07) is 8.41. The summed E-state index contributed by atoms with van der Waals surface area (Å²) in [5.41, 5.74) is 5.42. The highest BCUT2D eigenvalue weighted by molar-refractivity contribution is 5.80. The number of fused-ring (bicyclic) bond motifs is 2. The number of aromatic nitrogens is 8. The molecule has 1 aliphatic rings. The highest BCUT2D eigenvalue weighted by Crippen LogP contribution is 2.24. The van der Waals surface area contributed by atoms with Crippen LogP contribution in [0.1, 0.15) is 24.4 Å². The summed E-state index contributed by atoms with van der Waals surface area (Å²) in [7, 11) is 0. The van der Waals surface area contributed by atoms with Crippen molar-refractivity contribution in [3.63, 3.8) is 0 Å². The van der Waals surface area contributed by atoms with Crippen molar-refractivity contribution in [3.8, 4) is 11.3 Å². The van der Waals surface area contributed by atoms with Crippen LogP contribution in [0, 0.1) is 0 Å². The summed E-state index contributed by atoms with van der Waals surface area (Å²) in [5, 5.41) is 17.7. The molecule has 1 saturated heterocycles. The molecule has 150 valence electrons. The number of rotatable bonds is 4. The van der Waals surface area contributed by atoms with Crippen molar-refractivity contribution in [2.45, 2.75) is 25.4 Å². The maximum atomic E-state index is 4.87. The lowest BCUT2D eigenvalue weighted by Gasteiger charge is -2.22. The molecule has 0 unspecified atom stereocenters. The first-order valence-electron chi connectivity index (χ1n) is 10.2. The minimum absolute atomic E-state index is 0.450. The van der Waals surface area contributed by atoms with Crippen LogP contribution in [-0.2, 0) is 6.54 Å². The SMILES string of the molecule is c1cnc2[nH]cc(Cn3nnc4ccc(-c5cnn(C6CCNCC6)c5)nc43)c2c1. The Hall–Kier alpha value is -3.59. The molecule has 9 heteroatoms. The number of aromatic amines is 1. The molecule has 1 aliphatic heterocycles. The summed E-state index contributed by atoms with van der Waals surface area (Å²) in [6.07, 6.45) is 9.95. The van der Waals surface area contributed by atoms with Gasteiger partial charge in [0.25, 0.3) is 0 Å². The Bertz CT molecular complexity index is 1320. The average molecular weight is 399 g/mol. The number of hydrogen-bond acceptors (Lipinski definition) is 6. The average Bonchev–Trinajstić information content (AvgIpc) is 3.54.